The Morgan fingerprint density at radius 3 is 2.45 bits per heavy atom. The van der Waals surface area contributed by atoms with E-state index in [1.165, 1.54) is 41.7 Å². The summed E-state index contributed by atoms with van der Waals surface area (Å²) in [6, 6.07) is 10.7. The van der Waals surface area contributed by atoms with E-state index in [4.69, 9.17) is 15.2 Å². The number of para-hydroxylation sites is 1. The van der Waals surface area contributed by atoms with Crippen molar-refractivity contribution >= 4 is 27.5 Å². The average molecular weight is 448 g/mol. The first-order chi connectivity index (χ1) is 14.8. The van der Waals surface area contributed by atoms with Crippen molar-refractivity contribution in [1.82, 2.24) is 4.31 Å². The monoisotopic (exact) mass is 447 g/mol. The third-order valence-electron chi connectivity index (χ3n) is 4.87. The Balaban J connectivity index is 1.88. The van der Waals surface area contributed by atoms with E-state index in [0.717, 1.165) is 19.3 Å². The van der Waals surface area contributed by atoms with Crippen molar-refractivity contribution < 1.29 is 27.5 Å². The lowest BCUT2D eigenvalue weighted by atomic mass is 10.1. The Kier molecular flexibility index (Phi) is 7.13. The van der Waals surface area contributed by atoms with Gasteiger partial charge in [0.15, 0.2) is 6.61 Å². The van der Waals surface area contributed by atoms with Gasteiger partial charge in [-0.1, -0.05) is 18.6 Å². The topological polar surface area (TPSA) is 128 Å². The number of hydrogen-bond acceptors (Lipinski definition) is 6. The Hall–Kier alpha value is -3.11. The zero-order valence-corrected chi connectivity index (χ0v) is 18.0. The molecule has 31 heavy (non-hydrogen) atoms. The van der Waals surface area contributed by atoms with Gasteiger partial charge >= 0.3 is 0 Å². The highest BCUT2D eigenvalue weighted by Crippen LogP contribution is 2.31. The Bertz CT molecular complexity index is 1060. The van der Waals surface area contributed by atoms with Crippen LogP contribution in [-0.2, 0) is 14.8 Å². The highest BCUT2D eigenvalue weighted by molar-refractivity contribution is 7.89. The number of rotatable bonds is 8. The summed E-state index contributed by atoms with van der Waals surface area (Å²) in [6.07, 6.45) is 2.65. The van der Waals surface area contributed by atoms with Crippen LogP contribution in [0.4, 0.5) is 5.69 Å². The lowest BCUT2D eigenvalue weighted by Gasteiger charge is -2.26. The maximum Gasteiger partial charge on any atom is 0.259 e. The number of amides is 2. The van der Waals surface area contributed by atoms with Gasteiger partial charge in [-0.15, -0.1) is 0 Å². The van der Waals surface area contributed by atoms with Crippen molar-refractivity contribution in [3.8, 4) is 11.5 Å². The molecule has 0 saturated carbocycles. The first-order valence-electron chi connectivity index (χ1n) is 9.82. The maximum atomic E-state index is 13.0. The normalized spacial score (nSPS) is 14.6. The fourth-order valence-electron chi connectivity index (χ4n) is 3.32. The van der Waals surface area contributed by atoms with Gasteiger partial charge in [0.1, 0.15) is 11.5 Å². The number of carbonyl (C=O) groups excluding carboxylic acids is 2. The van der Waals surface area contributed by atoms with Gasteiger partial charge in [-0.25, -0.2) is 8.42 Å². The molecule has 1 saturated heterocycles. The summed E-state index contributed by atoms with van der Waals surface area (Å²) in [5.41, 5.74) is 5.47. The summed E-state index contributed by atoms with van der Waals surface area (Å²) in [6.45, 7) is 0.568. The van der Waals surface area contributed by atoms with Gasteiger partial charge < -0.3 is 20.5 Å². The molecule has 1 aliphatic heterocycles. The number of piperidine rings is 1. The van der Waals surface area contributed by atoms with Crippen molar-refractivity contribution in [2.75, 3.05) is 32.1 Å². The average Bonchev–Trinajstić information content (AvgIpc) is 2.78. The minimum absolute atomic E-state index is 0.0729. The first kappa shape index (κ1) is 22.6. The van der Waals surface area contributed by atoms with Crippen LogP contribution in [0.1, 0.15) is 29.6 Å². The SMILES string of the molecule is COc1ccc(S(=O)(=O)N2CCCCC2)cc1NC(=O)c1ccccc1OCC(N)=O. The molecule has 0 unspecified atom stereocenters. The number of nitrogens with two attached hydrogens (primary N) is 1. The van der Waals surface area contributed by atoms with Gasteiger partial charge in [0.05, 0.1) is 23.3 Å². The molecule has 9 nitrogen and oxygen atoms in total. The highest BCUT2D eigenvalue weighted by Gasteiger charge is 2.27. The number of sulfonamides is 1. The van der Waals surface area contributed by atoms with Crippen LogP contribution >= 0.6 is 0 Å². The highest BCUT2D eigenvalue weighted by atomic mass is 32.2. The van der Waals surface area contributed by atoms with Gasteiger partial charge in [0, 0.05) is 13.1 Å². The standard InChI is InChI=1S/C21H25N3O6S/c1-29-19-10-9-15(31(27,28)24-11-5-2-6-12-24)13-17(19)23-21(26)16-7-3-4-8-18(16)30-14-20(22)25/h3-4,7-10,13H,2,5-6,11-12,14H2,1H3,(H2,22,25)(H,23,26). The number of ether oxygens (including phenoxy) is 2. The van der Waals surface area contributed by atoms with E-state index in [1.807, 2.05) is 0 Å². The summed E-state index contributed by atoms with van der Waals surface area (Å²) >= 11 is 0. The number of nitrogens with zero attached hydrogens (tertiary/aromatic N) is 1. The number of primary amides is 1. The number of methoxy groups -OCH3 is 1. The molecule has 1 heterocycles. The van der Waals surface area contributed by atoms with E-state index >= 15 is 0 Å². The molecule has 0 aliphatic carbocycles. The number of benzene rings is 2. The minimum Gasteiger partial charge on any atom is -0.495 e. The number of carbonyl (C=O) groups is 2. The molecule has 1 fully saturated rings. The van der Waals surface area contributed by atoms with Crippen LogP contribution in [0.5, 0.6) is 11.5 Å². The second-order valence-corrected chi connectivity index (χ2v) is 8.97. The van der Waals surface area contributed by atoms with E-state index in [2.05, 4.69) is 5.32 Å². The van der Waals surface area contributed by atoms with Crippen molar-refractivity contribution in [1.29, 1.82) is 0 Å². The second-order valence-electron chi connectivity index (χ2n) is 7.03. The van der Waals surface area contributed by atoms with Crippen molar-refractivity contribution in [2.45, 2.75) is 24.2 Å². The lowest BCUT2D eigenvalue weighted by Crippen LogP contribution is -2.35. The van der Waals surface area contributed by atoms with E-state index in [9.17, 15) is 18.0 Å². The molecule has 3 N–H and O–H groups in total. The van der Waals surface area contributed by atoms with Gasteiger partial charge in [-0.05, 0) is 43.2 Å². The maximum absolute atomic E-state index is 13.0. The number of hydrogen-bond donors (Lipinski definition) is 2. The van der Waals surface area contributed by atoms with Gasteiger partial charge in [0.2, 0.25) is 10.0 Å². The summed E-state index contributed by atoms with van der Waals surface area (Å²) < 4.78 is 38.1. The molecule has 0 atom stereocenters. The summed E-state index contributed by atoms with van der Waals surface area (Å²) in [4.78, 5) is 24.0. The first-order valence-corrected chi connectivity index (χ1v) is 11.3. The quantitative estimate of drug-likeness (QED) is 0.637. The van der Waals surface area contributed by atoms with Crippen LogP contribution in [0.2, 0.25) is 0 Å². The predicted octanol–water partition coefficient (Wildman–Crippen LogP) is 1.99. The zero-order chi connectivity index (χ0) is 22.4. The van der Waals surface area contributed by atoms with Crippen LogP contribution < -0.4 is 20.5 Å². The van der Waals surface area contributed by atoms with Crippen LogP contribution in [0.25, 0.3) is 0 Å². The van der Waals surface area contributed by atoms with E-state index in [-0.39, 0.29) is 28.5 Å². The molecule has 0 spiro atoms. The third-order valence-corrected chi connectivity index (χ3v) is 6.77. The summed E-state index contributed by atoms with van der Waals surface area (Å²) in [5.74, 6) is -0.741. The largest absolute Gasteiger partial charge is 0.495 e. The predicted molar refractivity (Wildman–Crippen MR) is 115 cm³/mol. The number of anilines is 1. The molecular weight excluding hydrogens is 422 g/mol. The van der Waals surface area contributed by atoms with E-state index < -0.39 is 21.8 Å². The van der Waals surface area contributed by atoms with Gasteiger partial charge in [-0.2, -0.15) is 4.31 Å². The van der Waals surface area contributed by atoms with Crippen molar-refractivity contribution in [3.63, 3.8) is 0 Å². The molecule has 166 valence electrons. The fraction of sp³-hybridized carbons (Fsp3) is 0.333. The van der Waals surface area contributed by atoms with Crippen LogP contribution in [-0.4, -0.2) is 51.3 Å². The molecule has 2 aromatic rings. The Labute approximate surface area is 181 Å². The zero-order valence-electron chi connectivity index (χ0n) is 17.2. The van der Waals surface area contributed by atoms with Gasteiger partial charge in [0.25, 0.3) is 11.8 Å². The molecule has 2 aromatic carbocycles. The third kappa shape index (κ3) is 5.33. The van der Waals surface area contributed by atoms with Crippen molar-refractivity contribution in [3.05, 3.63) is 48.0 Å². The summed E-state index contributed by atoms with van der Waals surface area (Å²) in [5, 5.41) is 2.68. The Morgan fingerprint density at radius 1 is 1.06 bits per heavy atom. The van der Waals surface area contributed by atoms with Gasteiger partial charge in [-0.3, -0.25) is 9.59 Å². The molecule has 3 rings (SSSR count). The van der Waals surface area contributed by atoms with Crippen LogP contribution in [0, 0.1) is 0 Å². The van der Waals surface area contributed by atoms with Crippen LogP contribution in [0.3, 0.4) is 0 Å². The molecular formula is C21H25N3O6S. The Morgan fingerprint density at radius 2 is 1.77 bits per heavy atom. The minimum atomic E-state index is -3.69. The second kappa shape index (κ2) is 9.80. The lowest BCUT2D eigenvalue weighted by molar-refractivity contribution is -0.119. The molecule has 10 heteroatoms. The fourth-order valence-corrected chi connectivity index (χ4v) is 4.86. The van der Waals surface area contributed by atoms with E-state index in [0.29, 0.717) is 18.8 Å². The molecule has 0 bridgehead atoms. The number of nitrogens with one attached hydrogen (secondary N) is 1. The molecule has 0 radical (unpaired) electrons. The molecule has 2 amide bonds. The van der Waals surface area contributed by atoms with Crippen LogP contribution in [0.15, 0.2) is 47.4 Å². The van der Waals surface area contributed by atoms with Crippen molar-refractivity contribution in [2.24, 2.45) is 5.73 Å². The smallest absolute Gasteiger partial charge is 0.259 e. The molecule has 1 aliphatic rings. The molecule has 0 aromatic heterocycles. The summed E-state index contributed by atoms with van der Waals surface area (Å²) in [7, 11) is -2.26. The van der Waals surface area contributed by atoms with E-state index in [1.54, 1.807) is 12.1 Å².